The van der Waals surface area contributed by atoms with Crippen molar-refractivity contribution in [2.75, 3.05) is 0 Å². The minimum Gasteiger partial charge on any atom is -0.455 e. The molecule has 27 heavy (non-hydrogen) atoms. The molecule has 0 fully saturated rings. The lowest BCUT2D eigenvalue weighted by molar-refractivity contribution is 0.410. The molecule has 4 rings (SSSR count). The number of rotatable bonds is 3. The lowest BCUT2D eigenvalue weighted by Gasteiger charge is -2.18. The van der Waals surface area contributed by atoms with E-state index >= 15 is 0 Å². The summed E-state index contributed by atoms with van der Waals surface area (Å²) in [6.07, 6.45) is 2.89. The van der Waals surface area contributed by atoms with Crippen molar-refractivity contribution in [3.8, 4) is 11.3 Å². The molecule has 2 aromatic carbocycles. The van der Waals surface area contributed by atoms with Crippen LogP contribution in [0, 0.1) is 5.41 Å². The van der Waals surface area contributed by atoms with Crippen molar-refractivity contribution in [3.05, 3.63) is 65.9 Å². The highest BCUT2D eigenvalue weighted by Crippen LogP contribution is 2.38. The summed E-state index contributed by atoms with van der Waals surface area (Å²) in [6, 6.07) is 17.1. The second-order valence-electron chi connectivity index (χ2n) is 8.94. The second kappa shape index (κ2) is 6.53. The van der Waals surface area contributed by atoms with Crippen LogP contribution in [0.2, 0.25) is 0 Å². The highest BCUT2D eigenvalue weighted by molar-refractivity contribution is 6.10. The number of benzene rings is 2. The van der Waals surface area contributed by atoms with E-state index in [1.807, 2.05) is 6.20 Å². The van der Waals surface area contributed by atoms with Crippen molar-refractivity contribution in [2.24, 2.45) is 5.41 Å². The average Bonchev–Trinajstić information content (AvgIpc) is 3.00. The summed E-state index contributed by atoms with van der Waals surface area (Å²) >= 11 is 0. The molecule has 2 heterocycles. The van der Waals surface area contributed by atoms with E-state index in [1.54, 1.807) is 0 Å². The molecule has 0 amide bonds. The zero-order chi connectivity index (χ0) is 19.2. The van der Waals surface area contributed by atoms with Crippen molar-refractivity contribution in [3.63, 3.8) is 0 Å². The van der Waals surface area contributed by atoms with Crippen molar-refractivity contribution in [2.45, 2.75) is 47.0 Å². The number of para-hydroxylation sites is 2. The SMILES string of the molecule is CC(C)c1ccnc(-c2cccc3c2oc2c(CC(C)(C)C)cccc23)c1. The highest BCUT2D eigenvalue weighted by Gasteiger charge is 2.18. The molecule has 0 saturated carbocycles. The van der Waals surface area contributed by atoms with Gasteiger partial charge in [0.05, 0.1) is 5.69 Å². The van der Waals surface area contributed by atoms with Crippen molar-refractivity contribution >= 4 is 21.9 Å². The summed E-state index contributed by atoms with van der Waals surface area (Å²) in [5, 5.41) is 2.35. The van der Waals surface area contributed by atoms with E-state index in [4.69, 9.17) is 4.42 Å². The number of furan rings is 1. The molecular weight excluding hydrogens is 330 g/mol. The normalized spacial score (nSPS) is 12.4. The first-order chi connectivity index (χ1) is 12.8. The van der Waals surface area contributed by atoms with Crippen LogP contribution in [0.15, 0.2) is 59.1 Å². The molecule has 0 atom stereocenters. The van der Waals surface area contributed by atoms with Crippen LogP contribution in [0.25, 0.3) is 33.2 Å². The Morgan fingerprint density at radius 3 is 2.33 bits per heavy atom. The summed E-state index contributed by atoms with van der Waals surface area (Å²) in [5.74, 6) is 0.472. The molecular formula is C25H27NO. The minimum atomic E-state index is 0.212. The standard InChI is InChI=1S/C25H27NO/c1-16(2)17-12-13-26-22(14-17)21-11-7-10-20-19-9-6-8-18(15-25(3,4)5)23(19)27-24(20)21/h6-14,16H,15H2,1-5H3. The van der Waals surface area contributed by atoms with E-state index in [0.29, 0.717) is 5.92 Å². The molecule has 0 N–H and O–H groups in total. The Morgan fingerprint density at radius 2 is 1.63 bits per heavy atom. The number of fused-ring (bicyclic) bond motifs is 3. The molecule has 0 spiro atoms. The lowest BCUT2D eigenvalue weighted by atomic mass is 9.87. The summed E-state index contributed by atoms with van der Waals surface area (Å²) in [4.78, 5) is 4.63. The van der Waals surface area contributed by atoms with E-state index in [0.717, 1.165) is 34.2 Å². The van der Waals surface area contributed by atoms with Crippen molar-refractivity contribution in [1.82, 2.24) is 4.98 Å². The second-order valence-corrected chi connectivity index (χ2v) is 8.94. The molecule has 2 aromatic heterocycles. The number of aromatic nitrogens is 1. The van der Waals surface area contributed by atoms with Crippen molar-refractivity contribution < 1.29 is 4.42 Å². The van der Waals surface area contributed by atoms with Crippen LogP contribution < -0.4 is 0 Å². The van der Waals surface area contributed by atoms with E-state index < -0.39 is 0 Å². The van der Waals surface area contributed by atoms with Gasteiger partial charge in [-0.2, -0.15) is 0 Å². The van der Waals surface area contributed by atoms with Crippen LogP contribution in [-0.4, -0.2) is 4.98 Å². The molecule has 0 aliphatic heterocycles. The summed E-state index contributed by atoms with van der Waals surface area (Å²) in [7, 11) is 0. The molecule has 138 valence electrons. The Morgan fingerprint density at radius 1 is 0.926 bits per heavy atom. The molecule has 0 saturated heterocycles. The third-order valence-electron chi connectivity index (χ3n) is 5.05. The van der Waals surface area contributed by atoms with Gasteiger partial charge in [0.15, 0.2) is 0 Å². The van der Waals surface area contributed by atoms with Crippen LogP contribution in [0.3, 0.4) is 0 Å². The monoisotopic (exact) mass is 357 g/mol. The third-order valence-corrected chi connectivity index (χ3v) is 5.05. The van der Waals surface area contributed by atoms with Gasteiger partial charge in [-0.05, 0) is 47.1 Å². The summed E-state index contributed by atoms with van der Waals surface area (Å²) in [6.45, 7) is 11.2. The zero-order valence-electron chi connectivity index (χ0n) is 16.8. The molecule has 0 unspecified atom stereocenters. The predicted octanol–water partition coefficient (Wildman–Crippen LogP) is 7.36. The van der Waals surface area contributed by atoms with Gasteiger partial charge in [0.2, 0.25) is 0 Å². The fourth-order valence-electron chi connectivity index (χ4n) is 3.74. The Bertz CT molecular complexity index is 1110. The predicted molar refractivity (Wildman–Crippen MR) is 114 cm³/mol. The Kier molecular flexibility index (Phi) is 4.30. The molecule has 2 nitrogen and oxygen atoms in total. The van der Waals surface area contributed by atoms with Crippen LogP contribution in [0.5, 0.6) is 0 Å². The lowest BCUT2D eigenvalue weighted by Crippen LogP contribution is -2.09. The molecule has 0 aliphatic carbocycles. The van der Waals surface area contributed by atoms with Gasteiger partial charge in [0.1, 0.15) is 11.2 Å². The van der Waals surface area contributed by atoms with Crippen LogP contribution in [0.1, 0.15) is 51.7 Å². The molecule has 0 bridgehead atoms. The summed E-state index contributed by atoms with van der Waals surface area (Å²) < 4.78 is 6.48. The topological polar surface area (TPSA) is 26.0 Å². The molecule has 2 heteroatoms. The maximum atomic E-state index is 6.48. The minimum absolute atomic E-state index is 0.212. The number of pyridine rings is 1. The Hall–Kier alpha value is -2.61. The molecule has 0 radical (unpaired) electrons. The van der Waals surface area contributed by atoms with Crippen LogP contribution in [-0.2, 0) is 6.42 Å². The van der Waals surface area contributed by atoms with E-state index in [1.165, 1.54) is 16.5 Å². The van der Waals surface area contributed by atoms with Gasteiger partial charge in [-0.15, -0.1) is 0 Å². The quantitative estimate of drug-likeness (QED) is 0.383. The summed E-state index contributed by atoms with van der Waals surface area (Å²) in [5.41, 5.74) is 6.75. The fourth-order valence-corrected chi connectivity index (χ4v) is 3.74. The number of hydrogen-bond donors (Lipinski definition) is 0. The maximum absolute atomic E-state index is 6.48. The third kappa shape index (κ3) is 3.37. The Balaban J connectivity index is 1.95. The van der Waals surface area contributed by atoms with Gasteiger partial charge in [-0.25, -0.2) is 0 Å². The van der Waals surface area contributed by atoms with E-state index in [9.17, 15) is 0 Å². The van der Waals surface area contributed by atoms with Gasteiger partial charge < -0.3 is 4.42 Å². The first-order valence-electron chi connectivity index (χ1n) is 9.73. The molecule has 0 aliphatic rings. The fraction of sp³-hybridized carbons (Fsp3) is 0.320. The van der Waals surface area contributed by atoms with E-state index in [2.05, 4.69) is 88.1 Å². The largest absolute Gasteiger partial charge is 0.455 e. The van der Waals surface area contributed by atoms with Gasteiger partial charge in [0.25, 0.3) is 0 Å². The van der Waals surface area contributed by atoms with Gasteiger partial charge in [0, 0.05) is 22.5 Å². The van der Waals surface area contributed by atoms with Gasteiger partial charge in [-0.1, -0.05) is 65.0 Å². The highest BCUT2D eigenvalue weighted by atomic mass is 16.3. The van der Waals surface area contributed by atoms with Gasteiger partial charge in [-0.3, -0.25) is 4.98 Å². The smallest absolute Gasteiger partial charge is 0.144 e. The zero-order valence-corrected chi connectivity index (χ0v) is 16.8. The van der Waals surface area contributed by atoms with Gasteiger partial charge >= 0.3 is 0 Å². The Labute approximate surface area is 161 Å². The first kappa shape index (κ1) is 17.8. The van der Waals surface area contributed by atoms with Crippen LogP contribution in [0.4, 0.5) is 0 Å². The van der Waals surface area contributed by atoms with Crippen molar-refractivity contribution in [1.29, 1.82) is 0 Å². The maximum Gasteiger partial charge on any atom is 0.144 e. The molecule has 4 aromatic rings. The number of nitrogens with zero attached hydrogens (tertiary/aromatic N) is 1. The number of hydrogen-bond acceptors (Lipinski definition) is 2. The van der Waals surface area contributed by atoms with Crippen LogP contribution >= 0.6 is 0 Å². The first-order valence-corrected chi connectivity index (χ1v) is 9.73. The average molecular weight is 357 g/mol. The van der Waals surface area contributed by atoms with E-state index in [-0.39, 0.29) is 5.41 Å².